The van der Waals surface area contributed by atoms with Gasteiger partial charge in [0.15, 0.2) is 0 Å². The van der Waals surface area contributed by atoms with Crippen molar-refractivity contribution in [1.29, 1.82) is 0 Å². The van der Waals surface area contributed by atoms with E-state index in [1.807, 2.05) is 36.4 Å². The highest BCUT2D eigenvalue weighted by Crippen LogP contribution is 2.14. The zero-order chi connectivity index (χ0) is 19.9. The number of benzene rings is 2. The van der Waals surface area contributed by atoms with Crippen molar-refractivity contribution in [3.63, 3.8) is 0 Å². The van der Waals surface area contributed by atoms with Gasteiger partial charge in [-0.3, -0.25) is 14.4 Å². The maximum Gasteiger partial charge on any atom is 0.261 e. The maximum absolute atomic E-state index is 12.2. The predicted octanol–water partition coefficient (Wildman–Crippen LogP) is 2.96. The Labute approximate surface area is 170 Å². The maximum atomic E-state index is 12.2. The summed E-state index contributed by atoms with van der Waals surface area (Å²) in [6.07, 6.45) is 0. The lowest BCUT2D eigenvalue weighted by atomic mass is 10.1. The summed E-state index contributed by atoms with van der Waals surface area (Å²) in [5, 5.41) is 5.35. The van der Waals surface area contributed by atoms with Crippen LogP contribution in [0, 0.1) is 0 Å². The van der Waals surface area contributed by atoms with E-state index in [9.17, 15) is 14.4 Å². The molecule has 0 aliphatic carbocycles. The van der Waals surface area contributed by atoms with Crippen LogP contribution in [0.3, 0.4) is 0 Å². The van der Waals surface area contributed by atoms with Crippen molar-refractivity contribution in [3.05, 3.63) is 92.7 Å². The lowest BCUT2D eigenvalue weighted by Gasteiger charge is -2.08. The van der Waals surface area contributed by atoms with Crippen LogP contribution in [0.15, 0.2) is 76.0 Å². The molecular weight excluding hydrogens is 422 g/mol. The molecular formula is C21H18BrN3O3. The normalized spacial score (nSPS) is 10.3. The monoisotopic (exact) mass is 439 g/mol. The molecule has 0 unspecified atom stereocenters. The Hall–Kier alpha value is -3.19. The Balaban J connectivity index is 1.54. The first kappa shape index (κ1) is 19.6. The van der Waals surface area contributed by atoms with Crippen molar-refractivity contribution >= 4 is 27.7 Å². The first-order valence-electron chi connectivity index (χ1n) is 8.65. The molecule has 3 rings (SSSR count). The molecule has 0 aliphatic heterocycles. The minimum Gasteiger partial charge on any atom is -0.350 e. The number of nitrogens with one attached hydrogen (secondary N) is 3. The molecule has 1 heterocycles. The van der Waals surface area contributed by atoms with Crippen molar-refractivity contribution in [2.75, 3.05) is 13.1 Å². The zero-order valence-corrected chi connectivity index (χ0v) is 16.5. The van der Waals surface area contributed by atoms with Crippen LogP contribution in [0.5, 0.6) is 0 Å². The molecule has 0 aliphatic rings. The van der Waals surface area contributed by atoms with Crippen LogP contribution in [0.25, 0.3) is 11.3 Å². The van der Waals surface area contributed by atoms with Crippen LogP contribution < -0.4 is 16.2 Å². The van der Waals surface area contributed by atoms with Crippen LogP contribution in [0.1, 0.15) is 20.7 Å². The standard InChI is InChI=1S/C21H18BrN3O3/c22-16-8-4-7-15(13-16)19(26)23-11-12-24-20(27)17-9-10-18(25-21(17)28)14-5-2-1-3-6-14/h1-10,13H,11-12H2,(H,23,26)(H,24,27)(H,25,28). The number of H-pyrrole nitrogens is 1. The van der Waals surface area contributed by atoms with Gasteiger partial charge in [-0.25, -0.2) is 0 Å². The van der Waals surface area contributed by atoms with E-state index in [-0.39, 0.29) is 24.6 Å². The van der Waals surface area contributed by atoms with Gasteiger partial charge in [0.1, 0.15) is 5.56 Å². The van der Waals surface area contributed by atoms with Crippen LogP contribution >= 0.6 is 15.9 Å². The fraction of sp³-hybridized carbons (Fsp3) is 0.0952. The van der Waals surface area contributed by atoms with E-state index in [1.54, 1.807) is 24.3 Å². The third-order valence-electron chi connectivity index (χ3n) is 4.02. The van der Waals surface area contributed by atoms with E-state index < -0.39 is 11.5 Å². The third-order valence-corrected chi connectivity index (χ3v) is 4.52. The molecule has 1 aromatic heterocycles. The average molecular weight is 440 g/mol. The van der Waals surface area contributed by atoms with Gasteiger partial charge >= 0.3 is 0 Å². The second-order valence-corrected chi connectivity index (χ2v) is 6.92. The van der Waals surface area contributed by atoms with Gasteiger partial charge in [-0.1, -0.05) is 52.3 Å². The van der Waals surface area contributed by atoms with Gasteiger partial charge < -0.3 is 15.6 Å². The second kappa shape index (κ2) is 9.14. The second-order valence-electron chi connectivity index (χ2n) is 6.00. The zero-order valence-electron chi connectivity index (χ0n) is 14.9. The molecule has 3 N–H and O–H groups in total. The molecule has 0 fully saturated rings. The Kier molecular flexibility index (Phi) is 6.39. The number of rotatable bonds is 6. The summed E-state index contributed by atoms with van der Waals surface area (Å²) in [5.41, 5.74) is 1.59. The molecule has 2 amide bonds. The molecule has 0 radical (unpaired) electrons. The molecule has 3 aromatic rings. The topological polar surface area (TPSA) is 91.1 Å². The Morgan fingerprint density at radius 2 is 1.57 bits per heavy atom. The number of carbonyl (C=O) groups excluding carboxylic acids is 2. The SMILES string of the molecule is O=C(NCCNC(=O)c1ccc(-c2ccccc2)[nH]c1=O)c1cccc(Br)c1. The summed E-state index contributed by atoms with van der Waals surface area (Å²) in [6, 6.07) is 19.6. The highest BCUT2D eigenvalue weighted by Gasteiger charge is 2.11. The number of hydrogen-bond donors (Lipinski definition) is 3. The van der Waals surface area contributed by atoms with Gasteiger partial charge in [-0.05, 0) is 35.9 Å². The van der Waals surface area contributed by atoms with Gasteiger partial charge in [0.25, 0.3) is 17.4 Å². The van der Waals surface area contributed by atoms with Crippen LogP contribution in [0.4, 0.5) is 0 Å². The first-order chi connectivity index (χ1) is 13.5. The van der Waals surface area contributed by atoms with E-state index >= 15 is 0 Å². The molecule has 0 saturated heterocycles. The van der Waals surface area contributed by atoms with Gasteiger partial charge in [-0.2, -0.15) is 0 Å². The largest absolute Gasteiger partial charge is 0.350 e. The van der Waals surface area contributed by atoms with Crippen molar-refractivity contribution < 1.29 is 9.59 Å². The Bertz CT molecular complexity index is 1050. The molecule has 0 atom stereocenters. The number of aromatic nitrogens is 1. The van der Waals surface area contributed by atoms with Gasteiger partial charge in [0.2, 0.25) is 0 Å². The van der Waals surface area contributed by atoms with E-state index in [4.69, 9.17) is 0 Å². The van der Waals surface area contributed by atoms with Gasteiger partial charge in [0, 0.05) is 28.8 Å². The summed E-state index contributed by atoms with van der Waals surface area (Å²) in [5.74, 6) is -0.724. The molecule has 0 spiro atoms. The molecule has 142 valence electrons. The first-order valence-corrected chi connectivity index (χ1v) is 9.44. The lowest BCUT2D eigenvalue weighted by Crippen LogP contribution is -2.36. The van der Waals surface area contributed by atoms with E-state index in [0.29, 0.717) is 11.3 Å². The number of aromatic amines is 1. The number of halogens is 1. The van der Waals surface area contributed by atoms with Gasteiger partial charge in [-0.15, -0.1) is 0 Å². The fourth-order valence-corrected chi connectivity index (χ4v) is 3.02. The summed E-state index contributed by atoms with van der Waals surface area (Å²) in [6.45, 7) is 0.454. The third kappa shape index (κ3) is 4.95. The van der Waals surface area contributed by atoms with Gasteiger partial charge in [0.05, 0.1) is 0 Å². The predicted molar refractivity (Wildman–Crippen MR) is 111 cm³/mol. The van der Waals surface area contributed by atoms with E-state index in [2.05, 4.69) is 31.5 Å². The molecule has 2 aromatic carbocycles. The van der Waals surface area contributed by atoms with Crippen molar-refractivity contribution in [3.8, 4) is 11.3 Å². The highest BCUT2D eigenvalue weighted by molar-refractivity contribution is 9.10. The summed E-state index contributed by atoms with van der Waals surface area (Å²) in [4.78, 5) is 39.2. The Morgan fingerprint density at radius 3 is 2.25 bits per heavy atom. The number of carbonyl (C=O) groups is 2. The number of amides is 2. The molecule has 28 heavy (non-hydrogen) atoms. The number of pyridine rings is 1. The molecule has 6 nitrogen and oxygen atoms in total. The fourth-order valence-electron chi connectivity index (χ4n) is 2.62. The van der Waals surface area contributed by atoms with Crippen LogP contribution in [0.2, 0.25) is 0 Å². The van der Waals surface area contributed by atoms with Crippen molar-refractivity contribution in [2.24, 2.45) is 0 Å². The molecule has 0 bridgehead atoms. The Morgan fingerprint density at radius 1 is 0.857 bits per heavy atom. The minimum atomic E-state index is -0.488. The smallest absolute Gasteiger partial charge is 0.261 e. The van der Waals surface area contributed by atoms with Crippen molar-refractivity contribution in [1.82, 2.24) is 15.6 Å². The van der Waals surface area contributed by atoms with Crippen LogP contribution in [-0.4, -0.2) is 29.9 Å². The molecule has 7 heteroatoms. The lowest BCUT2D eigenvalue weighted by molar-refractivity contribution is 0.0927. The minimum absolute atomic E-state index is 0.0259. The number of hydrogen-bond acceptors (Lipinski definition) is 3. The van der Waals surface area contributed by atoms with E-state index in [0.717, 1.165) is 10.0 Å². The quantitative estimate of drug-likeness (QED) is 0.515. The summed E-state index contributed by atoms with van der Waals surface area (Å²) in [7, 11) is 0. The highest BCUT2D eigenvalue weighted by atomic mass is 79.9. The van der Waals surface area contributed by atoms with E-state index in [1.165, 1.54) is 6.07 Å². The van der Waals surface area contributed by atoms with Crippen LogP contribution in [-0.2, 0) is 0 Å². The summed E-state index contributed by atoms with van der Waals surface area (Å²) >= 11 is 3.31. The van der Waals surface area contributed by atoms with Crippen molar-refractivity contribution in [2.45, 2.75) is 0 Å². The average Bonchev–Trinajstić information content (AvgIpc) is 2.71. The molecule has 0 saturated carbocycles. The summed E-state index contributed by atoms with van der Waals surface area (Å²) < 4.78 is 0.812.